The van der Waals surface area contributed by atoms with Gasteiger partial charge in [-0.05, 0) is 49.6 Å². The minimum atomic E-state index is 0.292. The summed E-state index contributed by atoms with van der Waals surface area (Å²) >= 11 is 0. The summed E-state index contributed by atoms with van der Waals surface area (Å²) in [5, 5.41) is 3.94. The topological polar surface area (TPSA) is 83.4 Å². The highest BCUT2D eigenvalue weighted by atomic mass is 16.5. The van der Waals surface area contributed by atoms with Crippen LogP contribution in [-0.4, -0.2) is 23.8 Å². The average molecular weight is 289 g/mol. The zero-order valence-corrected chi connectivity index (χ0v) is 12.0. The normalized spacial score (nSPS) is 14.2. The lowest BCUT2D eigenvalue weighted by Gasteiger charge is -2.11. The number of hydrogen-bond acceptors (Lipinski definition) is 6. The first-order chi connectivity index (χ1) is 10.3. The van der Waals surface area contributed by atoms with E-state index in [1.54, 1.807) is 7.11 Å². The van der Waals surface area contributed by atoms with Crippen molar-refractivity contribution in [1.82, 2.24) is 10.1 Å². The van der Waals surface area contributed by atoms with Gasteiger partial charge in [0.2, 0.25) is 11.7 Å². The molecule has 21 heavy (non-hydrogen) atoms. The molecule has 6 heteroatoms. The Morgan fingerprint density at radius 1 is 1.38 bits per heavy atom. The zero-order chi connectivity index (χ0) is 14.7. The fraction of sp³-hybridized carbons (Fsp3) is 0.467. The first-order valence-electron chi connectivity index (χ1n) is 7.12. The number of methoxy groups -OCH3 is 1. The Kier molecular flexibility index (Phi) is 4.06. The SMILES string of the molecule is COc1ccc(OCc2noc(C3CC3)n2)c(CCN)c1. The van der Waals surface area contributed by atoms with Crippen molar-refractivity contribution in [3.63, 3.8) is 0 Å². The third-order valence-electron chi connectivity index (χ3n) is 3.45. The summed E-state index contributed by atoms with van der Waals surface area (Å²) in [6.45, 7) is 0.845. The van der Waals surface area contributed by atoms with Crippen LogP contribution in [-0.2, 0) is 13.0 Å². The molecule has 0 radical (unpaired) electrons. The van der Waals surface area contributed by atoms with Crippen LogP contribution >= 0.6 is 0 Å². The third-order valence-corrected chi connectivity index (χ3v) is 3.45. The van der Waals surface area contributed by atoms with Crippen LogP contribution in [0.15, 0.2) is 22.7 Å². The molecular weight excluding hydrogens is 270 g/mol. The number of aromatic nitrogens is 2. The van der Waals surface area contributed by atoms with Crippen LogP contribution in [0.2, 0.25) is 0 Å². The van der Waals surface area contributed by atoms with Gasteiger partial charge in [-0.1, -0.05) is 5.16 Å². The second kappa shape index (κ2) is 6.13. The summed E-state index contributed by atoms with van der Waals surface area (Å²) in [6, 6.07) is 5.68. The lowest BCUT2D eigenvalue weighted by molar-refractivity contribution is 0.282. The maximum atomic E-state index is 5.79. The molecule has 2 N–H and O–H groups in total. The van der Waals surface area contributed by atoms with Crippen LogP contribution in [0.3, 0.4) is 0 Å². The standard InChI is InChI=1S/C15H19N3O3/c1-19-12-4-5-13(11(8-12)6-7-16)20-9-14-17-15(21-18-14)10-2-3-10/h4-5,8,10H,2-3,6-7,9,16H2,1H3. The van der Waals surface area contributed by atoms with Gasteiger partial charge in [0.05, 0.1) is 7.11 Å². The van der Waals surface area contributed by atoms with Crippen molar-refractivity contribution in [2.24, 2.45) is 5.73 Å². The van der Waals surface area contributed by atoms with E-state index in [1.165, 1.54) is 0 Å². The van der Waals surface area contributed by atoms with E-state index in [0.717, 1.165) is 42.2 Å². The van der Waals surface area contributed by atoms with Crippen LogP contribution < -0.4 is 15.2 Å². The molecule has 0 bridgehead atoms. The maximum absolute atomic E-state index is 5.79. The molecule has 1 saturated carbocycles. The summed E-state index contributed by atoms with van der Waals surface area (Å²) in [6.07, 6.45) is 3.01. The van der Waals surface area contributed by atoms with E-state index in [9.17, 15) is 0 Å². The van der Waals surface area contributed by atoms with Crippen molar-refractivity contribution in [3.8, 4) is 11.5 Å². The summed E-state index contributed by atoms with van der Waals surface area (Å²) in [4.78, 5) is 4.34. The molecule has 0 atom stereocenters. The Hall–Kier alpha value is -2.08. The van der Waals surface area contributed by atoms with Crippen LogP contribution in [0, 0.1) is 0 Å². The molecule has 1 aromatic carbocycles. The molecule has 0 aliphatic heterocycles. The van der Waals surface area contributed by atoms with E-state index in [0.29, 0.717) is 24.9 Å². The first-order valence-corrected chi connectivity index (χ1v) is 7.12. The molecule has 1 aromatic heterocycles. The molecule has 1 aliphatic carbocycles. The van der Waals surface area contributed by atoms with Crippen molar-refractivity contribution >= 4 is 0 Å². The molecule has 0 saturated heterocycles. The Morgan fingerprint density at radius 2 is 2.24 bits per heavy atom. The summed E-state index contributed by atoms with van der Waals surface area (Å²) in [7, 11) is 1.64. The Labute approximate surface area is 123 Å². The number of benzene rings is 1. The van der Waals surface area contributed by atoms with E-state index < -0.39 is 0 Å². The Morgan fingerprint density at radius 3 is 2.95 bits per heavy atom. The molecule has 112 valence electrons. The van der Waals surface area contributed by atoms with E-state index in [-0.39, 0.29) is 0 Å². The van der Waals surface area contributed by atoms with Gasteiger partial charge >= 0.3 is 0 Å². The number of nitrogens with zero attached hydrogens (tertiary/aromatic N) is 2. The predicted molar refractivity (Wildman–Crippen MR) is 76.4 cm³/mol. The van der Waals surface area contributed by atoms with Gasteiger partial charge in [0.25, 0.3) is 0 Å². The predicted octanol–water partition coefficient (Wildman–Crippen LogP) is 2.04. The Balaban J connectivity index is 1.67. The highest BCUT2D eigenvalue weighted by Crippen LogP contribution is 2.38. The quantitative estimate of drug-likeness (QED) is 0.839. The van der Waals surface area contributed by atoms with Gasteiger partial charge in [0, 0.05) is 5.92 Å². The largest absolute Gasteiger partial charge is 0.497 e. The number of ether oxygens (including phenoxy) is 2. The second-order valence-corrected chi connectivity index (χ2v) is 5.12. The van der Waals surface area contributed by atoms with E-state index >= 15 is 0 Å². The van der Waals surface area contributed by atoms with Gasteiger partial charge in [-0.15, -0.1) is 0 Å². The molecule has 0 unspecified atom stereocenters. The zero-order valence-electron chi connectivity index (χ0n) is 12.0. The minimum absolute atomic E-state index is 0.292. The molecule has 0 amide bonds. The third kappa shape index (κ3) is 3.33. The highest BCUT2D eigenvalue weighted by Gasteiger charge is 2.29. The fourth-order valence-corrected chi connectivity index (χ4v) is 2.14. The monoisotopic (exact) mass is 289 g/mol. The van der Waals surface area contributed by atoms with E-state index in [2.05, 4.69) is 10.1 Å². The molecule has 0 spiro atoms. The van der Waals surface area contributed by atoms with Crippen molar-refractivity contribution in [2.45, 2.75) is 31.8 Å². The van der Waals surface area contributed by atoms with Gasteiger partial charge in [0.15, 0.2) is 6.61 Å². The lowest BCUT2D eigenvalue weighted by atomic mass is 10.1. The molecule has 6 nitrogen and oxygen atoms in total. The highest BCUT2D eigenvalue weighted by molar-refractivity contribution is 5.40. The van der Waals surface area contributed by atoms with Gasteiger partial charge < -0.3 is 19.7 Å². The van der Waals surface area contributed by atoms with Gasteiger partial charge in [0.1, 0.15) is 11.5 Å². The van der Waals surface area contributed by atoms with Crippen LogP contribution in [0.1, 0.15) is 36.0 Å². The Bertz CT molecular complexity index is 608. The number of nitrogens with two attached hydrogens (primary N) is 1. The molecule has 1 aliphatic rings. The summed E-state index contributed by atoms with van der Waals surface area (Å²) in [5.74, 6) is 3.33. The van der Waals surface area contributed by atoms with Crippen LogP contribution in [0.4, 0.5) is 0 Å². The van der Waals surface area contributed by atoms with E-state index in [1.807, 2.05) is 18.2 Å². The van der Waals surface area contributed by atoms with Crippen molar-refractivity contribution in [2.75, 3.05) is 13.7 Å². The van der Waals surface area contributed by atoms with Crippen molar-refractivity contribution in [1.29, 1.82) is 0 Å². The van der Waals surface area contributed by atoms with Gasteiger partial charge in [-0.2, -0.15) is 4.98 Å². The van der Waals surface area contributed by atoms with Crippen molar-refractivity contribution in [3.05, 3.63) is 35.5 Å². The average Bonchev–Trinajstić information content (AvgIpc) is 3.25. The van der Waals surface area contributed by atoms with Gasteiger partial charge in [-0.3, -0.25) is 0 Å². The molecular formula is C15H19N3O3. The van der Waals surface area contributed by atoms with Crippen LogP contribution in [0.5, 0.6) is 11.5 Å². The first kappa shape index (κ1) is 13.9. The van der Waals surface area contributed by atoms with Crippen molar-refractivity contribution < 1.29 is 14.0 Å². The molecule has 3 rings (SSSR count). The second-order valence-electron chi connectivity index (χ2n) is 5.12. The molecule has 1 heterocycles. The summed E-state index contributed by atoms with van der Waals surface area (Å²) < 4.78 is 16.2. The molecule has 2 aromatic rings. The van der Waals surface area contributed by atoms with E-state index in [4.69, 9.17) is 19.7 Å². The minimum Gasteiger partial charge on any atom is -0.497 e. The smallest absolute Gasteiger partial charge is 0.229 e. The number of rotatable bonds is 7. The lowest BCUT2D eigenvalue weighted by Crippen LogP contribution is -2.06. The van der Waals surface area contributed by atoms with Crippen LogP contribution in [0.25, 0.3) is 0 Å². The van der Waals surface area contributed by atoms with Gasteiger partial charge in [-0.25, -0.2) is 0 Å². The maximum Gasteiger partial charge on any atom is 0.229 e. The number of hydrogen-bond donors (Lipinski definition) is 1. The molecule has 1 fully saturated rings. The summed E-state index contributed by atoms with van der Waals surface area (Å²) in [5.41, 5.74) is 6.65. The fourth-order valence-electron chi connectivity index (χ4n) is 2.14.